The van der Waals surface area contributed by atoms with E-state index in [0.717, 1.165) is 0 Å². The van der Waals surface area contributed by atoms with Crippen molar-refractivity contribution in [2.45, 2.75) is 6.92 Å². The molecule has 0 saturated heterocycles. The van der Waals surface area contributed by atoms with Crippen LogP contribution in [0.2, 0.25) is 0 Å². The first-order chi connectivity index (χ1) is 16.5. The molecule has 3 aromatic rings. The smallest absolute Gasteiger partial charge is 0.343 e. The Morgan fingerprint density at radius 3 is 2.74 bits per heavy atom. The number of nitriles is 1. The first kappa shape index (κ1) is 24.5. The first-order valence-electron chi connectivity index (χ1n) is 10.0. The SMILES string of the molecule is CCOc1cc(C=NNc2nc(-c3ccccc3)c(C#N)c(=O)[nH]2)cc(Br)c1OCC(=O)OC. The molecule has 0 spiro atoms. The summed E-state index contributed by atoms with van der Waals surface area (Å²) in [6.07, 6.45) is 1.48. The van der Waals surface area contributed by atoms with Crippen molar-refractivity contribution in [2.24, 2.45) is 5.10 Å². The summed E-state index contributed by atoms with van der Waals surface area (Å²) in [5, 5.41) is 13.5. The lowest BCUT2D eigenvalue weighted by molar-refractivity contribution is -0.142. The van der Waals surface area contributed by atoms with E-state index in [4.69, 9.17) is 9.47 Å². The van der Waals surface area contributed by atoms with E-state index in [9.17, 15) is 14.9 Å². The predicted molar refractivity (Wildman–Crippen MR) is 129 cm³/mol. The molecule has 0 atom stereocenters. The largest absolute Gasteiger partial charge is 0.490 e. The summed E-state index contributed by atoms with van der Waals surface area (Å²) in [7, 11) is 1.27. The molecule has 0 aliphatic carbocycles. The van der Waals surface area contributed by atoms with Crippen LogP contribution in [-0.4, -0.2) is 42.5 Å². The molecule has 0 amide bonds. The van der Waals surface area contributed by atoms with Gasteiger partial charge in [-0.05, 0) is 40.5 Å². The van der Waals surface area contributed by atoms with E-state index in [-0.39, 0.29) is 23.8 Å². The van der Waals surface area contributed by atoms with Gasteiger partial charge in [-0.25, -0.2) is 15.2 Å². The maximum Gasteiger partial charge on any atom is 0.343 e. The molecule has 0 aliphatic rings. The summed E-state index contributed by atoms with van der Waals surface area (Å²) in [5.41, 5.74) is 3.51. The van der Waals surface area contributed by atoms with Crippen LogP contribution in [0, 0.1) is 11.3 Å². The first-order valence-corrected chi connectivity index (χ1v) is 10.8. The summed E-state index contributed by atoms with van der Waals surface area (Å²) < 4.78 is 16.3. The van der Waals surface area contributed by atoms with E-state index in [1.807, 2.05) is 19.1 Å². The van der Waals surface area contributed by atoms with Crippen molar-refractivity contribution in [3.05, 3.63) is 68.4 Å². The van der Waals surface area contributed by atoms with Crippen LogP contribution in [0.15, 0.2) is 56.8 Å². The third kappa shape index (κ3) is 5.99. The van der Waals surface area contributed by atoms with E-state index in [0.29, 0.717) is 33.7 Å². The second-order valence-corrected chi connectivity index (χ2v) is 7.47. The van der Waals surface area contributed by atoms with Crippen LogP contribution >= 0.6 is 15.9 Å². The lowest BCUT2D eigenvalue weighted by atomic mass is 10.1. The van der Waals surface area contributed by atoms with Crippen LogP contribution < -0.4 is 20.5 Å². The van der Waals surface area contributed by atoms with Crippen LogP contribution in [0.5, 0.6) is 11.5 Å². The highest BCUT2D eigenvalue weighted by atomic mass is 79.9. The highest BCUT2D eigenvalue weighted by Crippen LogP contribution is 2.36. The second-order valence-electron chi connectivity index (χ2n) is 6.61. The Hall–Kier alpha value is -4.17. The molecule has 0 unspecified atom stereocenters. The van der Waals surface area contributed by atoms with Gasteiger partial charge in [-0.15, -0.1) is 0 Å². The molecule has 1 aromatic heterocycles. The molecule has 1 heterocycles. The molecule has 2 N–H and O–H groups in total. The predicted octanol–water partition coefficient (Wildman–Crippen LogP) is 3.47. The highest BCUT2D eigenvalue weighted by Gasteiger charge is 2.15. The molecule has 0 radical (unpaired) electrons. The molecular weight excluding hydrogens is 506 g/mol. The van der Waals surface area contributed by atoms with E-state index in [1.165, 1.54) is 13.3 Å². The normalized spacial score (nSPS) is 10.5. The molecule has 0 aliphatic heterocycles. The van der Waals surface area contributed by atoms with Crippen LogP contribution in [0.1, 0.15) is 18.1 Å². The van der Waals surface area contributed by atoms with Gasteiger partial charge in [0.05, 0.1) is 30.1 Å². The van der Waals surface area contributed by atoms with Gasteiger partial charge in [0.2, 0.25) is 5.95 Å². The number of carbonyl (C=O) groups is 1. The number of carbonyl (C=O) groups excluding carboxylic acids is 1. The Balaban J connectivity index is 1.85. The molecule has 174 valence electrons. The molecule has 0 saturated carbocycles. The topological polar surface area (TPSA) is 139 Å². The summed E-state index contributed by atoms with van der Waals surface area (Å²) in [4.78, 5) is 30.6. The maximum absolute atomic E-state index is 12.3. The molecule has 2 aromatic carbocycles. The number of esters is 1. The number of hydrogen-bond acceptors (Lipinski definition) is 9. The number of hydrazone groups is 1. The Bertz CT molecular complexity index is 1300. The van der Waals surface area contributed by atoms with Crippen LogP contribution in [0.25, 0.3) is 11.3 Å². The fourth-order valence-electron chi connectivity index (χ4n) is 2.86. The van der Waals surface area contributed by atoms with Crippen LogP contribution in [0.4, 0.5) is 5.95 Å². The third-order valence-corrected chi connectivity index (χ3v) is 4.95. The fourth-order valence-corrected chi connectivity index (χ4v) is 3.43. The van der Waals surface area contributed by atoms with Crippen molar-refractivity contribution in [1.29, 1.82) is 5.26 Å². The molecule has 10 nitrogen and oxygen atoms in total. The van der Waals surface area contributed by atoms with Gasteiger partial charge in [0, 0.05) is 5.56 Å². The van der Waals surface area contributed by atoms with Crippen molar-refractivity contribution >= 4 is 34.1 Å². The summed E-state index contributed by atoms with van der Waals surface area (Å²) in [6.45, 7) is 1.92. The minimum absolute atomic E-state index is 0.0706. The Morgan fingerprint density at radius 1 is 1.29 bits per heavy atom. The number of anilines is 1. The number of ether oxygens (including phenoxy) is 3. The van der Waals surface area contributed by atoms with Crippen molar-refractivity contribution in [3.63, 3.8) is 0 Å². The van der Waals surface area contributed by atoms with Gasteiger partial charge in [-0.2, -0.15) is 10.4 Å². The molecule has 3 rings (SSSR count). The zero-order valence-electron chi connectivity index (χ0n) is 18.3. The number of aromatic amines is 1. The Morgan fingerprint density at radius 2 is 2.06 bits per heavy atom. The minimum Gasteiger partial charge on any atom is -0.490 e. The number of nitrogens with zero attached hydrogens (tertiary/aromatic N) is 3. The average molecular weight is 526 g/mol. The second kappa shape index (κ2) is 11.6. The van der Waals surface area contributed by atoms with E-state index >= 15 is 0 Å². The molecule has 0 fully saturated rings. The Labute approximate surface area is 203 Å². The Kier molecular flexibility index (Phi) is 8.37. The number of aromatic nitrogens is 2. The minimum atomic E-state index is -0.581. The van der Waals surface area contributed by atoms with Gasteiger partial charge >= 0.3 is 5.97 Å². The summed E-state index contributed by atoms with van der Waals surface area (Å²) in [5.74, 6) is 0.297. The van der Waals surface area contributed by atoms with Gasteiger partial charge < -0.3 is 14.2 Å². The number of rotatable bonds is 9. The molecular formula is C23H20BrN5O5. The fraction of sp³-hybridized carbons (Fsp3) is 0.174. The summed E-state index contributed by atoms with van der Waals surface area (Å²) >= 11 is 3.41. The standard InChI is InChI=1S/C23H20BrN5O5/c1-3-33-18-10-14(9-17(24)21(18)34-13-19(30)32-2)12-26-29-23-27-20(15-7-5-4-6-8-15)16(11-25)22(31)28-23/h4-10,12H,3,13H2,1-2H3,(H2,27,28,29,31). The highest BCUT2D eigenvalue weighted by molar-refractivity contribution is 9.10. The van der Waals surface area contributed by atoms with Gasteiger partial charge in [-0.3, -0.25) is 9.78 Å². The number of methoxy groups -OCH3 is 1. The van der Waals surface area contributed by atoms with Crippen molar-refractivity contribution in [2.75, 3.05) is 25.7 Å². The van der Waals surface area contributed by atoms with Crippen molar-refractivity contribution < 1.29 is 19.0 Å². The average Bonchev–Trinajstić information content (AvgIpc) is 2.83. The van der Waals surface area contributed by atoms with Crippen LogP contribution in [-0.2, 0) is 9.53 Å². The number of hydrogen-bond donors (Lipinski definition) is 2. The lowest BCUT2D eigenvalue weighted by Crippen LogP contribution is -2.16. The monoisotopic (exact) mass is 525 g/mol. The zero-order chi connectivity index (χ0) is 24.5. The van der Waals surface area contributed by atoms with Gasteiger partial charge in [0.15, 0.2) is 18.1 Å². The third-order valence-electron chi connectivity index (χ3n) is 4.36. The van der Waals surface area contributed by atoms with E-state index < -0.39 is 11.5 Å². The maximum atomic E-state index is 12.3. The lowest BCUT2D eigenvalue weighted by Gasteiger charge is -2.14. The number of halogens is 1. The van der Waals surface area contributed by atoms with Crippen LogP contribution in [0.3, 0.4) is 0 Å². The van der Waals surface area contributed by atoms with Gasteiger partial charge in [0.1, 0.15) is 11.6 Å². The zero-order valence-corrected chi connectivity index (χ0v) is 19.9. The van der Waals surface area contributed by atoms with E-state index in [2.05, 4.69) is 41.2 Å². The van der Waals surface area contributed by atoms with Gasteiger partial charge in [-0.1, -0.05) is 30.3 Å². The number of H-pyrrole nitrogens is 1. The number of benzene rings is 2. The molecule has 11 heteroatoms. The van der Waals surface area contributed by atoms with Crippen molar-refractivity contribution in [3.8, 4) is 28.8 Å². The van der Waals surface area contributed by atoms with Gasteiger partial charge in [0.25, 0.3) is 5.56 Å². The van der Waals surface area contributed by atoms with E-state index in [1.54, 1.807) is 36.4 Å². The molecule has 34 heavy (non-hydrogen) atoms. The quantitative estimate of drug-likeness (QED) is 0.246. The molecule has 0 bridgehead atoms. The number of nitrogens with one attached hydrogen (secondary N) is 2. The summed E-state index contributed by atoms with van der Waals surface area (Å²) in [6, 6.07) is 14.2. The van der Waals surface area contributed by atoms with Crippen molar-refractivity contribution in [1.82, 2.24) is 9.97 Å².